The van der Waals surface area contributed by atoms with Crippen molar-refractivity contribution in [1.29, 1.82) is 5.41 Å². The second-order valence-electron chi connectivity index (χ2n) is 8.67. The van der Waals surface area contributed by atoms with Crippen LogP contribution in [0.2, 0.25) is 0 Å². The summed E-state index contributed by atoms with van der Waals surface area (Å²) >= 11 is 0. The molecule has 2 heterocycles. The first kappa shape index (κ1) is 28.5. The van der Waals surface area contributed by atoms with E-state index in [1.807, 2.05) is 37.2 Å². The van der Waals surface area contributed by atoms with Gasteiger partial charge in [0, 0.05) is 62.4 Å². The molecule has 3 unspecified atom stereocenters. The Morgan fingerprint density at radius 2 is 1.95 bits per heavy atom. The van der Waals surface area contributed by atoms with Gasteiger partial charge in [0.1, 0.15) is 23.0 Å². The molecule has 0 saturated carbocycles. The number of hydrogen-bond acceptors (Lipinski definition) is 6. The molecule has 1 aliphatic heterocycles. The maximum atomic E-state index is 14.1. The van der Waals surface area contributed by atoms with Crippen LogP contribution in [0.25, 0.3) is 0 Å². The zero-order valence-corrected chi connectivity index (χ0v) is 22.7. The van der Waals surface area contributed by atoms with Gasteiger partial charge in [-0.05, 0) is 61.4 Å². The van der Waals surface area contributed by atoms with E-state index in [2.05, 4.69) is 20.4 Å². The zero-order valence-electron chi connectivity index (χ0n) is 21.9. The van der Waals surface area contributed by atoms with Crippen molar-refractivity contribution in [2.45, 2.75) is 44.9 Å². The highest BCUT2D eigenvalue weighted by Crippen LogP contribution is 2.33. The summed E-state index contributed by atoms with van der Waals surface area (Å²) < 4.78 is 42.4. The molecule has 1 aliphatic rings. The average molecular weight is 532 g/mol. The third kappa shape index (κ3) is 7.06. The van der Waals surface area contributed by atoms with Gasteiger partial charge < -0.3 is 10.7 Å². The lowest BCUT2D eigenvalue weighted by Crippen LogP contribution is -2.50. The van der Waals surface area contributed by atoms with E-state index < -0.39 is 17.2 Å². The average Bonchev–Trinajstić information content (AvgIpc) is 3.32. The van der Waals surface area contributed by atoms with Crippen molar-refractivity contribution in [3.63, 3.8) is 0 Å². The lowest BCUT2D eigenvalue weighted by molar-refractivity contribution is 0.0938. The summed E-state index contributed by atoms with van der Waals surface area (Å²) in [6, 6.07) is 9.66. The second-order valence-corrected chi connectivity index (χ2v) is 10.1. The highest BCUT2D eigenvalue weighted by molar-refractivity contribution is 7.82. The van der Waals surface area contributed by atoms with E-state index in [0.717, 1.165) is 11.1 Å². The topological polar surface area (TPSA) is 90.1 Å². The van der Waals surface area contributed by atoms with Gasteiger partial charge in [-0.1, -0.05) is 13.8 Å². The van der Waals surface area contributed by atoms with Crippen LogP contribution in [0.5, 0.6) is 0 Å². The summed E-state index contributed by atoms with van der Waals surface area (Å²) in [4.78, 5) is 3.44. The molecule has 1 saturated heterocycles. The summed E-state index contributed by atoms with van der Waals surface area (Å²) in [6.45, 7) is 9.22. The number of nitrogens with zero attached hydrogens (tertiary/aromatic N) is 5. The maximum Gasteiger partial charge on any atom is 0.185 e. The van der Waals surface area contributed by atoms with Gasteiger partial charge in [-0.15, -0.1) is 5.10 Å². The molecule has 11 heteroatoms. The first-order valence-electron chi connectivity index (χ1n) is 12.3. The van der Waals surface area contributed by atoms with Crippen molar-refractivity contribution in [3.05, 3.63) is 65.1 Å². The number of rotatable bonds is 8. The van der Waals surface area contributed by atoms with E-state index in [-0.39, 0.29) is 18.4 Å². The molecule has 37 heavy (non-hydrogen) atoms. The van der Waals surface area contributed by atoms with E-state index >= 15 is 0 Å². The molecule has 1 aromatic heterocycles. The van der Waals surface area contributed by atoms with E-state index in [1.54, 1.807) is 19.2 Å². The third-order valence-electron chi connectivity index (χ3n) is 6.01. The standard InChI is InChI=1S/C24H29F2N7OS.C2H6/c1-16-10-22(29-20-6-4-19(26)5-7-20)18(12-27)11-21(16)23-15-33(9-8-32(23)14-17(2)25)35(34)24-13-28-31(3)30-24;1-2/h4-7,10-13,17,23,27,29H,8-9,14-15H2,1-3H3;1-2H3. The van der Waals surface area contributed by atoms with Crippen LogP contribution in [0.4, 0.5) is 20.2 Å². The Labute approximate surface area is 219 Å². The summed E-state index contributed by atoms with van der Waals surface area (Å²) in [5.74, 6) is -0.322. The Morgan fingerprint density at radius 1 is 1.24 bits per heavy atom. The smallest absolute Gasteiger partial charge is 0.185 e. The van der Waals surface area contributed by atoms with Gasteiger partial charge in [-0.3, -0.25) is 4.90 Å². The Balaban J connectivity index is 0.00000186. The molecule has 1 fully saturated rings. The Hall–Kier alpha value is -3.02. The van der Waals surface area contributed by atoms with Gasteiger partial charge in [0.05, 0.1) is 6.20 Å². The van der Waals surface area contributed by atoms with Gasteiger partial charge in [0.2, 0.25) is 0 Å². The quantitative estimate of drug-likeness (QED) is 0.409. The van der Waals surface area contributed by atoms with E-state index in [0.29, 0.717) is 41.6 Å². The van der Waals surface area contributed by atoms with Crippen molar-refractivity contribution >= 4 is 28.6 Å². The molecule has 3 aromatic rings. The predicted molar refractivity (Wildman–Crippen MR) is 144 cm³/mol. The van der Waals surface area contributed by atoms with Crippen LogP contribution >= 0.6 is 0 Å². The molecule has 0 radical (unpaired) electrons. The molecule has 2 N–H and O–H groups in total. The van der Waals surface area contributed by atoms with E-state index in [9.17, 15) is 13.0 Å². The molecule has 0 bridgehead atoms. The molecule has 8 nitrogen and oxygen atoms in total. The number of aryl methyl sites for hydroxylation is 2. The minimum Gasteiger partial charge on any atom is -0.355 e. The van der Waals surface area contributed by atoms with Gasteiger partial charge in [0.15, 0.2) is 5.03 Å². The largest absolute Gasteiger partial charge is 0.355 e. The second kappa shape index (κ2) is 13.0. The molecule has 3 atom stereocenters. The van der Waals surface area contributed by atoms with Crippen molar-refractivity contribution < 1.29 is 13.0 Å². The van der Waals surface area contributed by atoms with Crippen molar-refractivity contribution in [2.24, 2.45) is 7.05 Å². The lowest BCUT2D eigenvalue weighted by Gasteiger charge is -2.41. The Bertz CT molecular complexity index is 1220. The van der Waals surface area contributed by atoms with Crippen LogP contribution in [0.1, 0.15) is 43.5 Å². The molecule has 0 amide bonds. The molecule has 2 aromatic carbocycles. The number of anilines is 2. The normalized spacial score (nSPS) is 18.0. The number of hydrogen-bond donors (Lipinski definition) is 2. The van der Waals surface area contributed by atoms with Gasteiger partial charge in [-0.2, -0.15) is 9.90 Å². The van der Waals surface area contributed by atoms with Crippen LogP contribution in [-0.2, 0) is 18.0 Å². The van der Waals surface area contributed by atoms with Gasteiger partial charge >= 0.3 is 0 Å². The highest BCUT2D eigenvalue weighted by Gasteiger charge is 2.34. The van der Waals surface area contributed by atoms with Crippen molar-refractivity contribution in [2.75, 3.05) is 31.5 Å². The molecule has 0 aliphatic carbocycles. The van der Waals surface area contributed by atoms with Gasteiger partial charge in [0.25, 0.3) is 0 Å². The number of benzene rings is 2. The van der Waals surface area contributed by atoms with Crippen LogP contribution in [0.3, 0.4) is 0 Å². The number of alkyl halides is 1. The Kier molecular flexibility index (Phi) is 10.0. The fraction of sp³-hybridized carbons (Fsp3) is 0.423. The molecule has 0 spiro atoms. The summed E-state index contributed by atoms with van der Waals surface area (Å²) in [6.07, 6.45) is 1.74. The molecular formula is C26H35F2N7OS. The maximum absolute atomic E-state index is 14.1. The first-order chi connectivity index (χ1) is 17.7. The highest BCUT2D eigenvalue weighted by atomic mass is 32.2. The van der Waals surface area contributed by atoms with Crippen LogP contribution in [-0.4, -0.2) is 67.0 Å². The van der Waals surface area contributed by atoms with Crippen molar-refractivity contribution in [3.8, 4) is 0 Å². The number of nitrogens with one attached hydrogen (secondary N) is 2. The van der Waals surface area contributed by atoms with E-state index in [4.69, 9.17) is 5.41 Å². The fourth-order valence-corrected chi connectivity index (χ4v) is 5.45. The zero-order chi connectivity index (χ0) is 27.1. The number of halogens is 2. The first-order valence-corrected chi connectivity index (χ1v) is 13.4. The summed E-state index contributed by atoms with van der Waals surface area (Å²) in [7, 11) is 0.187. The lowest BCUT2D eigenvalue weighted by atomic mass is 9.94. The molecule has 4 rings (SSSR count). The predicted octanol–water partition coefficient (Wildman–Crippen LogP) is 4.77. The third-order valence-corrected chi connectivity index (χ3v) is 7.35. The van der Waals surface area contributed by atoms with Crippen LogP contribution in [0.15, 0.2) is 47.6 Å². The van der Waals surface area contributed by atoms with Crippen LogP contribution in [0, 0.1) is 18.2 Å². The van der Waals surface area contributed by atoms with Crippen molar-refractivity contribution in [1.82, 2.24) is 24.2 Å². The minimum atomic E-state index is -1.49. The summed E-state index contributed by atoms with van der Waals surface area (Å²) in [5, 5.41) is 19.8. The SMILES string of the molecule is CC.Cc1cc(Nc2ccc(F)cc2)c(C=N)cc1C1CN(S(=O)c2cnn(C)n2)CCN1CC(C)F. The van der Waals surface area contributed by atoms with Gasteiger partial charge in [-0.25, -0.2) is 17.3 Å². The molecule has 200 valence electrons. The minimum absolute atomic E-state index is 0.221. The van der Waals surface area contributed by atoms with Crippen LogP contribution < -0.4 is 5.32 Å². The Morgan fingerprint density at radius 3 is 2.54 bits per heavy atom. The number of piperazine rings is 1. The van der Waals surface area contributed by atoms with E-state index in [1.165, 1.54) is 36.3 Å². The monoisotopic (exact) mass is 531 g/mol. The summed E-state index contributed by atoms with van der Waals surface area (Å²) in [5.41, 5.74) is 3.96. The number of aromatic nitrogens is 3. The molecular weight excluding hydrogens is 496 g/mol. The fourth-order valence-electron chi connectivity index (χ4n) is 4.34.